The number of hydrogen-bond acceptors (Lipinski definition) is 7. The lowest BCUT2D eigenvalue weighted by molar-refractivity contribution is 0.0605. The molecule has 1 aliphatic rings. The Morgan fingerprint density at radius 3 is 2.64 bits per heavy atom. The van der Waals surface area contributed by atoms with Gasteiger partial charge in [0, 0.05) is 4.47 Å². The predicted octanol–water partition coefficient (Wildman–Crippen LogP) is 5.00. The maximum absolute atomic E-state index is 13.9. The summed E-state index contributed by atoms with van der Waals surface area (Å²) in [5, 5.41) is 0.253. The number of carbonyl (C=O) groups excluding carboxylic acids is 2. The van der Waals surface area contributed by atoms with Gasteiger partial charge in [-0.1, -0.05) is 39.4 Å². The molecule has 0 bridgehead atoms. The average molecular weight is 529 g/mol. The first-order valence-electron chi connectivity index (χ1n) is 9.71. The van der Waals surface area contributed by atoms with Gasteiger partial charge in [0.1, 0.15) is 16.3 Å². The number of carbonyl (C=O) groups is 2. The molecule has 2 aromatic carbocycles. The topological polar surface area (TPSA) is 89.7 Å². The number of aromatic nitrogens is 1. The second-order valence-electron chi connectivity index (χ2n) is 7.35. The summed E-state index contributed by atoms with van der Waals surface area (Å²) >= 11 is 4.37. The van der Waals surface area contributed by atoms with Crippen molar-refractivity contribution in [1.29, 1.82) is 0 Å². The fraction of sp³-hybridized carbons (Fsp3) is 0.130. The summed E-state index contributed by atoms with van der Waals surface area (Å²) in [5.41, 5.74) is 0.715. The molecule has 0 fully saturated rings. The fourth-order valence-electron chi connectivity index (χ4n) is 3.87. The van der Waals surface area contributed by atoms with E-state index in [4.69, 9.17) is 9.15 Å². The fourth-order valence-corrected chi connectivity index (χ4v) is 5.15. The van der Waals surface area contributed by atoms with Crippen LogP contribution in [-0.4, -0.2) is 24.0 Å². The van der Waals surface area contributed by atoms with Crippen LogP contribution in [0.1, 0.15) is 43.1 Å². The SMILES string of the molecule is COC(=O)c1sc(N2C(=O)c3oc4ccc(F)cc4c(=O)c3C2c2ccc(Br)cc2)nc1C. The molecule has 0 radical (unpaired) electrons. The molecule has 7 nitrogen and oxygen atoms in total. The molecule has 0 saturated carbocycles. The van der Waals surface area contributed by atoms with Crippen molar-refractivity contribution in [2.24, 2.45) is 0 Å². The molecule has 1 unspecified atom stereocenters. The number of halogens is 2. The Bertz CT molecular complexity index is 1510. The van der Waals surface area contributed by atoms with E-state index < -0.39 is 29.2 Å². The average Bonchev–Trinajstić information content (AvgIpc) is 3.32. The smallest absolute Gasteiger partial charge is 0.350 e. The lowest BCUT2D eigenvalue weighted by Crippen LogP contribution is -2.29. The lowest BCUT2D eigenvalue weighted by atomic mass is 9.99. The van der Waals surface area contributed by atoms with E-state index in [1.165, 1.54) is 18.1 Å². The van der Waals surface area contributed by atoms with Gasteiger partial charge in [0.25, 0.3) is 5.91 Å². The largest absolute Gasteiger partial charge is 0.465 e. The van der Waals surface area contributed by atoms with Crippen LogP contribution < -0.4 is 10.3 Å². The number of hydrogen-bond donors (Lipinski definition) is 0. The van der Waals surface area contributed by atoms with E-state index in [9.17, 15) is 18.8 Å². The standard InChI is InChI=1S/C23H14BrFN2O5S/c1-10-20(22(30)31-2)33-23(26-10)27-17(11-3-5-12(24)6-4-11)16-18(28)14-9-13(25)7-8-15(14)32-19(16)21(27)29/h3-9,17H,1-2H3. The zero-order chi connectivity index (χ0) is 23.4. The van der Waals surface area contributed by atoms with Crippen molar-refractivity contribution in [2.75, 3.05) is 12.0 Å². The Morgan fingerprint density at radius 1 is 1.21 bits per heavy atom. The molecular formula is C23H14BrFN2O5S. The number of aryl methyl sites for hydroxylation is 1. The number of nitrogens with zero attached hydrogens (tertiary/aromatic N) is 2. The molecule has 1 amide bonds. The highest BCUT2D eigenvalue weighted by Gasteiger charge is 2.45. The van der Waals surface area contributed by atoms with Gasteiger partial charge in [-0.3, -0.25) is 14.5 Å². The summed E-state index contributed by atoms with van der Waals surface area (Å²) in [5.74, 6) is -1.88. The maximum Gasteiger partial charge on any atom is 0.350 e. The molecule has 1 atom stereocenters. The Hall–Kier alpha value is -3.37. The minimum Gasteiger partial charge on any atom is -0.465 e. The van der Waals surface area contributed by atoms with Gasteiger partial charge in [0.15, 0.2) is 10.6 Å². The van der Waals surface area contributed by atoms with Crippen LogP contribution in [-0.2, 0) is 4.74 Å². The predicted molar refractivity (Wildman–Crippen MR) is 123 cm³/mol. The van der Waals surface area contributed by atoms with Crippen LogP contribution in [0.4, 0.5) is 9.52 Å². The normalized spacial score (nSPS) is 15.2. The molecule has 5 rings (SSSR count). The number of ether oxygens (including phenoxy) is 1. The van der Waals surface area contributed by atoms with Crippen LogP contribution in [0.5, 0.6) is 0 Å². The van der Waals surface area contributed by atoms with E-state index in [0.29, 0.717) is 11.3 Å². The molecule has 10 heteroatoms. The molecule has 0 aliphatic carbocycles. The van der Waals surface area contributed by atoms with E-state index in [0.717, 1.165) is 27.9 Å². The summed E-state index contributed by atoms with van der Waals surface area (Å²) in [6.07, 6.45) is 0. The molecule has 0 spiro atoms. The summed E-state index contributed by atoms with van der Waals surface area (Å²) in [4.78, 5) is 45.1. The van der Waals surface area contributed by atoms with Gasteiger partial charge in [0.05, 0.1) is 29.8 Å². The quantitative estimate of drug-likeness (QED) is 0.348. The highest BCUT2D eigenvalue weighted by molar-refractivity contribution is 9.10. The summed E-state index contributed by atoms with van der Waals surface area (Å²) < 4.78 is 25.3. The molecule has 33 heavy (non-hydrogen) atoms. The Morgan fingerprint density at radius 2 is 1.94 bits per heavy atom. The third kappa shape index (κ3) is 3.37. The lowest BCUT2D eigenvalue weighted by Gasteiger charge is -2.22. The number of amides is 1. The Balaban J connectivity index is 1.78. The number of esters is 1. The summed E-state index contributed by atoms with van der Waals surface area (Å²) in [6.45, 7) is 1.63. The molecular weight excluding hydrogens is 515 g/mol. The van der Waals surface area contributed by atoms with Crippen molar-refractivity contribution in [3.63, 3.8) is 0 Å². The van der Waals surface area contributed by atoms with Gasteiger partial charge < -0.3 is 9.15 Å². The van der Waals surface area contributed by atoms with Crippen molar-refractivity contribution in [2.45, 2.75) is 13.0 Å². The van der Waals surface area contributed by atoms with E-state index in [2.05, 4.69) is 20.9 Å². The molecule has 1 aliphatic heterocycles. The summed E-state index contributed by atoms with van der Waals surface area (Å²) in [6, 6.07) is 9.79. The van der Waals surface area contributed by atoms with Crippen molar-refractivity contribution in [1.82, 2.24) is 4.98 Å². The molecule has 0 N–H and O–H groups in total. The zero-order valence-electron chi connectivity index (χ0n) is 17.2. The number of benzene rings is 2. The van der Waals surface area contributed by atoms with E-state index in [1.54, 1.807) is 31.2 Å². The van der Waals surface area contributed by atoms with Gasteiger partial charge in [-0.15, -0.1) is 0 Å². The highest BCUT2D eigenvalue weighted by atomic mass is 79.9. The van der Waals surface area contributed by atoms with Crippen LogP contribution in [0.2, 0.25) is 0 Å². The zero-order valence-corrected chi connectivity index (χ0v) is 19.6. The third-order valence-corrected chi connectivity index (χ3v) is 7.05. The Labute approximate surface area is 198 Å². The molecule has 166 valence electrons. The van der Waals surface area contributed by atoms with Crippen LogP contribution >= 0.6 is 27.3 Å². The minimum atomic E-state index is -0.874. The van der Waals surface area contributed by atoms with Gasteiger partial charge in [0.2, 0.25) is 5.76 Å². The van der Waals surface area contributed by atoms with Gasteiger partial charge in [-0.2, -0.15) is 0 Å². The van der Waals surface area contributed by atoms with Crippen molar-refractivity contribution in [3.05, 3.63) is 90.4 Å². The van der Waals surface area contributed by atoms with Crippen molar-refractivity contribution >= 4 is 55.2 Å². The van der Waals surface area contributed by atoms with Crippen molar-refractivity contribution < 1.29 is 23.1 Å². The van der Waals surface area contributed by atoms with Gasteiger partial charge in [-0.25, -0.2) is 14.2 Å². The van der Waals surface area contributed by atoms with E-state index in [1.807, 2.05) is 0 Å². The summed E-state index contributed by atoms with van der Waals surface area (Å²) in [7, 11) is 1.26. The number of anilines is 1. The maximum atomic E-state index is 13.9. The van der Waals surface area contributed by atoms with Crippen LogP contribution in [0, 0.1) is 12.7 Å². The Kier molecular flexibility index (Phi) is 5.13. The van der Waals surface area contributed by atoms with Crippen LogP contribution in [0.15, 0.2) is 56.1 Å². The van der Waals surface area contributed by atoms with Crippen molar-refractivity contribution in [3.8, 4) is 0 Å². The first-order valence-corrected chi connectivity index (χ1v) is 11.3. The minimum absolute atomic E-state index is 0.0380. The number of fused-ring (bicyclic) bond motifs is 2. The third-order valence-electron chi connectivity index (χ3n) is 5.38. The molecule has 2 aromatic heterocycles. The highest BCUT2D eigenvalue weighted by Crippen LogP contribution is 2.43. The van der Waals surface area contributed by atoms with E-state index in [-0.39, 0.29) is 32.3 Å². The molecule has 3 heterocycles. The monoisotopic (exact) mass is 528 g/mol. The first-order chi connectivity index (χ1) is 15.8. The van der Waals surface area contributed by atoms with E-state index >= 15 is 0 Å². The molecule has 4 aromatic rings. The number of methoxy groups -OCH3 is 1. The van der Waals surface area contributed by atoms with Gasteiger partial charge >= 0.3 is 5.97 Å². The second-order valence-corrected chi connectivity index (χ2v) is 9.24. The van der Waals surface area contributed by atoms with Crippen LogP contribution in [0.25, 0.3) is 11.0 Å². The molecule has 0 saturated heterocycles. The number of rotatable bonds is 3. The number of thiazole rings is 1. The first kappa shape index (κ1) is 21.5. The van der Waals surface area contributed by atoms with Gasteiger partial charge in [-0.05, 0) is 42.8 Å². The van der Waals surface area contributed by atoms with Crippen LogP contribution in [0.3, 0.4) is 0 Å². The second kappa shape index (κ2) is 7.89.